The fourth-order valence-corrected chi connectivity index (χ4v) is 2.82. The number of hydrogen-bond acceptors (Lipinski definition) is 5. The van der Waals surface area contributed by atoms with Crippen LogP contribution in [0, 0.1) is 0 Å². The summed E-state index contributed by atoms with van der Waals surface area (Å²) in [6.07, 6.45) is 0.151. The topological polar surface area (TPSA) is 88.1 Å². The zero-order valence-electron chi connectivity index (χ0n) is 15.0. The summed E-state index contributed by atoms with van der Waals surface area (Å²) in [7, 11) is 1.50. The van der Waals surface area contributed by atoms with Crippen molar-refractivity contribution in [3.05, 3.63) is 34.9 Å². The highest BCUT2D eigenvalue weighted by molar-refractivity contribution is 6.39. The Balaban J connectivity index is 2.20. The predicted octanol–water partition coefficient (Wildman–Crippen LogP) is 2.45. The number of benzene rings is 1. The number of nitrogens with one attached hydrogen (secondary N) is 1. The van der Waals surface area contributed by atoms with E-state index >= 15 is 0 Å². The molecule has 1 N–H and O–H groups in total. The molecule has 1 aromatic carbocycles. The zero-order valence-corrected chi connectivity index (χ0v) is 15.7. The van der Waals surface area contributed by atoms with Gasteiger partial charge < -0.3 is 10.1 Å². The quantitative estimate of drug-likeness (QED) is 0.769. The van der Waals surface area contributed by atoms with Gasteiger partial charge in [0.2, 0.25) is 5.91 Å². The third-order valence-electron chi connectivity index (χ3n) is 3.79. The number of carbonyl (C=O) groups is 3. The smallest absolute Gasteiger partial charge is 0.308 e. The largest absolute Gasteiger partial charge is 0.463 e. The maximum absolute atomic E-state index is 12.6. The molecule has 1 aromatic rings. The molecule has 0 saturated heterocycles. The van der Waals surface area contributed by atoms with Crippen LogP contribution in [0.25, 0.3) is 0 Å². The van der Waals surface area contributed by atoms with Crippen LogP contribution in [-0.2, 0) is 19.1 Å². The first-order chi connectivity index (χ1) is 12.3. The molecule has 1 heterocycles. The molecule has 0 aromatic heterocycles. The Hall–Kier alpha value is -2.41. The summed E-state index contributed by atoms with van der Waals surface area (Å²) in [6, 6.07) is 6.32. The van der Waals surface area contributed by atoms with Gasteiger partial charge >= 0.3 is 5.97 Å². The number of hydrogen-bond donors (Lipinski definition) is 1. The van der Waals surface area contributed by atoms with E-state index in [0.717, 1.165) is 5.01 Å². The van der Waals surface area contributed by atoms with Gasteiger partial charge in [-0.2, -0.15) is 5.10 Å². The van der Waals surface area contributed by atoms with Crippen molar-refractivity contribution in [3.63, 3.8) is 0 Å². The van der Waals surface area contributed by atoms with Gasteiger partial charge in [0.15, 0.2) is 0 Å². The van der Waals surface area contributed by atoms with E-state index in [1.807, 2.05) is 0 Å². The zero-order chi connectivity index (χ0) is 19.3. The molecule has 0 fully saturated rings. The average Bonchev–Trinajstić information content (AvgIpc) is 2.56. The lowest BCUT2D eigenvalue weighted by Crippen LogP contribution is -2.40. The first kappa shape index (κ1) is 19.9. The molecule has 0 radical (unpaired) electrons. The van der Waals surface area contributed by atoms with Gasteiger partial charge in [0.25, 0.3) is 5.91 Å². The SMILES string of the molecule is CC(C)OC(=O)CC(NC(=O)C1=NN(C)C(=O)CC1)c1ccccc1Cl. The highest BCUT2D eigenvalue weighted by Crippen LogP contribution is 2.26. The van der Waals surface area contributed by atoms with Gasteiger partial charge in [0, 0.05) is 24.9 Å². The lowest BCUT2D eigenvalue weighted by Gasteiger charge is -2.23. The first-order valence-corrected chi connectivity index (χ1v) is 8.74. The monoisotopic (exact) mass is 379 g/mol. The Labute approximate surface area is 157 Å². The van der Waals surface area contributed by atoms with E-state index in [0.29, 0.717) is 10.6 Å². The molecule has 140 valence electrons. The second-order valence-electron chi connectivity index (χ2n) is 6.25. The Morgan fingerprint density at radius 3 is 2.62 bits per heavy atom. The van der Waals surface area contributed by atoms with Crippen LogP contribution in [0.2, 0.25) is 5.02 Å². The summed E-state index contributed by atoms with van der Waals surface area (Å²) in [5.74, 6) is -1.03. The molecule has 0 aliphatic carbocycles. The number of carbonyl (C=O) groups excluding carboxylic acids is 3. The Morgan fingerprint density at radius 2 is 2.00 bits per heavy atom. The average molecular weight is 380 g/mol. The van der Waals surface area contributed by atoms with Crippen LogP contribution in [0.5, 0.6) is 0 Å². The Bertz CT molecular complexity index is 733. The normalized spacial score (nSPS) is 15.5. The van der Waals surface area contributed by atoms with Crippen LogP contribution in [0.1, 0.15) is 44.7 Å². The standard InChI is InChI=1S/C18H22ClN3O4/c1-11(2)26-17(24)10-15(12-6-4-5-7-13(12)19)20-18(25)14-8-9-16(23)22(3)21-14/h4-7,11,15H,8-10H2,1-3H3,(H,20,25). The molecule has 1 aliphatic heterocycles. The molecule has 2 rings (SSSR count). The summed E-state index contributed by atoms with van der Waals surface area (Å²) in [4.78, 5) is 36.2. The van der Waals surface area contributed by atoms with E-state index in [4.69, 9.17) is 16.3 Å². The summed E-state index contributed by atoms with van der Waals surface area (Å²) in [5.41, 5.74) is 0.852. The molecule has 1 aliphatic rings. The van der Waals surface area contributed by atoms with Crippen molar-refractivity contribution in [2.75, 3.05) is 7.05 Å². The molecule has 1 atom stereocenters. The van der Waals surface area contributed by atoms with Crippen molar-refractivity contribution in [1.29, 1.82) is 0 Å². The molecule has 0 bridgehead atoms. The van der Waals surface area contributed by atoms with E-state index < -0.39 is 17.9 Å². The number of ether oxygens (including phenoxy) is 1. The first-order valence-electron chi connectivity index (χ1n) is 8.36. The molecular formula is C18H22ClN3O4. The van der Waals surface area contributed by atoms with Crippen molar-refractivity contribution in [2.45, 2.75) is 45.3 Å². The molecule has 0 spiro atoms. The number of amides is 2. The fraction of sp³-hybridized carbons (Fsp3) is 0.444. The lowest BCUT2D eigenvalue weighted by molar-refractivity contribution is -0.148. The summed E-state index contributed by atoms with van der Waals surface area (Å²) in [5, 5.41) is 8.38. The van der Waals surface area contributed by atoms with Crippen molar-refractivity contribution in [2.24, 2.45) is 5.10 Å². The number of nitrogens with zero attached hydrogens (tertiary/aromatic N) is 2. The van der Waals surface area contributed by atoms with Gasteiger partial charge in [-0.15, -0.1) is 0 Å². The van der Waals surface area contributed by atoms with E-state index in [1.165, 1.54) is 7.05 Å². The number of hydrazone groups is 1. The maximum atomic E-state index is 12.6. The third-order valence-corrected chi connectivity index (χ3v) is 4.14. The van der Waals surface area contributed by atoms with Gasteiger partial charge in [0.1, 0.15) is 5.71 Å². The van der Waals surface area contributed by atoms with Crippen LogP contribution < -0.4 is 5.32 Å². The second kappa shape index (κ2) is 8.80. The highest BCUT2D eigenvalue weighted by atomic mass is 35.5. The minimum atomic E-state index is -0.659. The van der Waals surface area contributed by atoms with Crippen LogP contribution in [-0.4, -0.2) is 41.7 Å². The summed E-state index contributed by atoms with van der Waals surface area (Å²) in [6.45, 7) is 3.51. The van der Waals surface area contributed by atoms with Crippen LogP contribution in [0.4, 0.5) is 0 Å². The molecule has 26 heavy (non-hydrogen) atoms. The maximum Gasteiger partial charge on any atom is 0.308 e. The third kappa shape index (κ3) is 5.29. The van der Waals surface area contributed by atoms with Crippen LogP contribution >= 0.6 is 11.6 Å². The molecule has 7 nitrogen and oxygen atoms in total. The van der Waals surface area contributed by atoms with Crippen molar-refractivity contribution < 1.29 is 19.1 Å². The second-order valence-corrected chi connectivity index (χ2v) is 6.66. The van der Waals surface area contributed by atoms with Gasteiger partial charge in [-0.3, -0.25) is 14.4 Å². The van der Waals surface area contributed by atoms with Crippen LogP contribution in [0.3, 0.4) is 0 Å². The number of halogens is 1. The van der Waals surface area contributed by atoms with Crippen molar-refractivity contribution in [1.82, 2.24) is 10.3 Å². The van der Waals surface area contributed by atoms with E-state index in [2.05, 4.69) is 10.4 Å². The highest BCUT2D eigenvalue weighted by Gasteiger charge is 2.27. The van der Waals surface area contributed by atoms with E-state index in [1.54, 1.807) is 38.1 Å². The molecule has 1 unspecified atom stereocenters. The number of rotatable bonds is 6. The molecule has 8 heteroatoms. The predicted molar refractivity (Wildman–Crippen MR) is 97.6 cm³/mol. The fourth-order valence-electron chi connectivity index (χ4n) is 2.55. The van der Waals surface area contributed by atoms with Gasteiger partial charge in [-0.25, -0.2) is 5.01 Å². The minimum absolute atomic E-state index is 0.0598. The van der Waals surface area contributed by atoms with E-state index in [-0.39, 0.29) is 37.0 Å². The molecular weight excluding hydrogens is 358 g/mol. The Morgan fingerprint density at radius 1 is 1.31 bits per heavy atom. The van der Waals surface area contributed by atoms with Crippen LogP contribution in [0.15, 0.2) is 29.4 Å². The minimum Gasteiger partial charge on any atom is -0.463 e. The van der Waals surface area contributed by atoms with Gasteiger partial charge in [-0.05, 0) is 25.5 Å². The van der Waals surface area contributed by atoms with Gasteiger partial charge in [0.05, 0.1) is 18.6 Å². The van der Waals surface area contributed by atoms with E-state index in [9.17, 15) is 14.4 Å². The summed E-state index contributed by atoms with van der Waals surface area (Å²) < 4.78 is 5.18. The lowest BCUT2D eigenvalue weighted by atomic mass is 10.0. The molecule has 2 amide bonds. The van der Waals surface area contributed by atoms with Gasteiger partial charge in [-0.1, -0.05) is 29.8 Å². The Kier molecular flexibility index (Phi) is 6.74. The van der Waals surface area contributed by atoms with Crippen molar-refractivity contribution in [3.8, 4) is 0 Å². The van der Waals surface area contributed by atoms with Crippen molar-refractivity contribution >= 4 is 35.1 Å². The summed E-state index contributed by atoms with van der Waals surface area (Å²) >= 11 is 6.23. The molecule has 0 saturated carbocycles. The number of esters is 1.